The molecule has 1 fully saturated rings. The Bertz CT molecular complexity index is 408. The SMILES string of the molecule is CC1(C)C(O)CC1Nc1ccc(Br)cc1F. The highest BCUT2D eigenvalue weighted by Crippen LogP contribution is 2.42. The van der Waals surface area contributed by atoms with Crippen molar-refractivity contribution in [2.24, 2.45) is 5.41 Å². The molecule has 1 aromatic rings. The topological polar surface area (TPSA) is 32.3 Å². The van der Waals surface area contributed by atoms with Gasteiger partial charge in [0.2, 0.25) is 0 Å². The molecule has 0 heterocycles. The lowest BCUT2D eigenvalue weighted by Gasteiger charge is -2.49. The molecule has 1 aliphatic carbocycles. The van der Waals surface area contributed by atoms with E-state index in [-0.39, 0.29) is 23.4 Å². The van der Waals surface area contributed by atoms with Gasteiger partial charge in [-0.25, -0.2) is 4.39 Å². The summed E-state index contributed by atoms with van der Waals surface area (Å²) < 4.78 is 14.3. The van der Waals surface area contributed by atoms with Crippen LogP contribution in [0, 0.1) is 11.2 Å². The van der Waals surface area contributed by atoms with Crippen LogP contribution in [0.2, 0.25) is 0 Å². The molecule has 1 aromatic carbocycles. The lowest BCUT2D eigenvalue weighted by atomic mass is 9.64. The summed E-state index contributed by atoms with van der Waals surface area (Å²) in [5.74, 6) is -0.272. The third kappa shape index (κ3) is 1.96. The van der Waals surface area contributed by atoms with Crippen molar-refractivity contribution in [3.05, 3.63) is 28.5 Å². The lowest BCUT2D eigenvalue weighted by molar-refractivity contribution is -0.0511. The second-order valence-electron chi connectivity index (χ2n) is 4.89. The van der Waals surface area contributed by atoms with E-state index in [0.29, 0.717) is 12.1 Å². The number of aliphatic hydroxyl groups is 1. The molecule has 2 atom stereocenters. The second-order valence-corrected chi connectivity index (χ2v) is 5.81. The monoisotopic (exact) mass is 287 g/mol. The molecule has 0 aromatic heterocycles. The molecular formula is C12H15BrFNO. The number of nitrogens with one attached hydrogen (secondary N) is 1. The average Bonchev–Trinajstić information content (AvgIpc) is 2.21. The van der Waals surface area contributed by atoms with Gasteiger partial charge in [-0.15, -0.1) is 0 Å². The summed E-state index contributed by atoms with van der Waals surface area (Å²) in [4.78, 5) is 0. The molecule has 2 rings (SSSR count). The largest absolute Gasteiger partial charge is 0.392 e. The fourth-order valence-electron chi connectivity index (χ4n) is 1.94. The van der Waals surface area contributed by atoms with E-state index < -0.39 is 0 Å². The van der Waals surface area contributed by atoms with Crippen LogP contribution in [-0.2, 0) is 0 Å². The molecule has 2 nitrogen and oxygen atoms in total. The number of hydrogen-bond acceptors (Lipinski definition) is 2. The van der Waals surface area contributed by atoms with Crippen molar-refractivity contribution < 1.29 is 9.50 Å². The summed E-state index contributed by atoms with van der Waals surface area (Å²) in [6.45, 7) is 3.96. The normalized spacial score (nSPS) is 27.3. The van der Waals surface area contributed by atoms with Crippen LogP contribution in [-0.4, -0.2) is 17.3 Å². The van der Waals surface area contributed by atoms with Crippen LogP contribution < -0.4 is 5.32 Å². The zero-order valence-electron chi connectivity index (χ0n) is 9.30. The number of benzene rings is 1. The van der Waals surface area contributed by atoms with Crippen molar-refractivity contribution in [3.63, 3.8) is 0 Å². The Balaban J connectivity index is 2.11. The Hall–Kier alpha value is -0.610. The first-order valence-electron chi connectivity index (χ1n) is 5.31. The fraction of sp³-hybridized carbons (Fsp3) is 0.500. The summed E-state index contributed by atoms with van der Waals surface area (Å²) in [7, 11) is 0. The van der Waals surface area contributed by atoms with Gasteiger partial charge in [-0.2, -0.15) is 0 Å². The maximum atomic E-state index is 13.6. The van der Waals surface area contributed by atoms with Crippen molar-refractivity contribution in [2.75, 3.05) is 5.32 Å². The van der Waals surface area contributed by atoms with Crippen molar-refractivity contribution in [1.82, 2.24) is 0 Å². The Morgan fingerprint density at radius 3 is 2.69 bits per heavy atom. The fourth-order valence-corrected chi connectivity index (χ4v) is 2.27. The van der Waals surface area contributed by atoms with Gasteiger partial charge >= 0.3 is 0 Å². The number of aliphatic hydroxyl groups excluding tert-OH is 1. The van der Waals surface area contributed by atoms with Gasteiger partial charge in [0, 0.05) is 15.9 Å². The van der Waals surface area contributed by atoms with E-state index in [0.717, 1.165) is 4.47 Å². The summed E-state index contributed by atoms with van der Waals surface area (Å²) in [5, 5.41) is 12.7. The summed E-state index contributed by atoms with van der Waals surface area (Å²) in [6, 6.07) is 5.07. The average molecular weight is 288 g/mol. The maximum Gasteiger partial charge on any atom is 0.147 e. The zero-order valence-corrected chi connectivity index (χ0v) is 10.9. The molecule has 4 heteroatoms. The van der Waals surface area contributed by atoms with E-state index in [4.69, 9.17) is 0 Å². The van der Waals surface area contributed by atoms with Crippen LogP contribution in [0.25, 0.3) is 0 Å². The van der Waals surface area contributed by atoms with E-state index in [1.54, 1.807) is 12.1 Å². The molecule has 0 aliphatic heterocycles. The van der Waals surface area contributed by atoms with Crippen molar-refractivity contribution >= 4 is 21.6 Å². The van der Waals surface area contributed by atoms with Gasteiger partial charge in [0.1, 0.15) is 5.82 Å². The minimum atomic E-state index is -0.302. The predicted octanol–water partition coefficient (Wildman–Crippen LogP) is 3.16. The standard InChI is InChI=1S/C12H15BrFNO/c1-12(2)10(6-11(12)16)15-9-4-3-7(13)5-8(9)14/h3-5,10-11,15-16H,6H2,1-2H3. The third-order valence-electron chi connectivity index (χ3n) is 3.48. The highest BCUT2D eigenvalue weighted by atomic mass is 79.9. The Kier molecular flexibility index (Phi) is 2.97. The number of hydrogen-bond donors (Lipinski definition) is 2. The van der Waals surface area contributed by atoms with Crippen LogP contribution >= 0.6 is 15.9 Å². The minimum Gasteiger partial charge on any atom is -0.392 e. The second kappa shape index (κ2) is 4.00. The molecule has 88 valence electrons. The molecule has 0 radical (unpaired) electrons. The molecule has 16 heavy (non-hydrogen) atoms. The Morgan fingerprint density at radius 1 is 1.50 bits per heavy atom. The van der Waals surface area contributed by atoms with Crippen LogP contribution in [0.15, 0.2) is 22.7 Å². The van der Waals surface area contributed by atoms with Crippen molar-refractivity contribution in [1.29, 1.82) is 0 Å². The first-order chi connectivity index (χ1) is 7.41. The molecule has 1 saturated carbocycles. The van der Waals surface area contributed by atoms with Gasteiger partial charge in [0.25, 0.3) is 0 Å². The Morgan fingerprint density at radius 2 is 2.19 bits per heavy atom. The van der Waals surface area contributed by atoms with E-state index >= 15 is 0 Å². The molecule has 0 bridgehead atoms. The molecule has 2 N–H and O–H groups in total. The summed E-state index contributed by atoms with van der Waals surface area (Å²) in [6.07, 6.45) is 0.367. The minimum absolute atomic E-state index is 0.123. The quantitative estimate of drug-likeness (QED) is 0.876. The van der Waals surface area contributed by atoms with Crippen LogP contribution in [0.3, 0.4) is 0 Å². The van der Waals surface area contributed by atoms with Gasteiger partial charge in [0.05, 0.1) is 11.8 Å². The molecule has 0 amide bonds. The molecular weight excluding hydrogens is 273 g/mol. The van der Waals surface area contributed by atoms with Gasteiger partial charge in [0.15, 0.2) is 0 Å². The highest BCUT2D eigenvalue weighted by molar-refractivity contribution is 9.10. The van der Waals surface area contributed by atoms with E-state index in [2.05, 4.69) is 21.2 Å². The Labute approximate surface area is 103 Å². The molecule has 1 aliphatic rings. The first kappa shape index (κ1) is 11.9. The first-order valence-corrected chi connectivity index (χ1v) is 6.10. The third-order valence-corrected chi connectivity index (χ3v) is 3.97. The smallest absolute Gasteiger partial charge is 0.147 e. The molecule has 0 saturated heterocycles. The number of rotatable bonds is 2. The lowest BCUT2D eigenvalue weighted by Crippen LogP contribution is -2.57. The zero-order chi connectivity index (χ0) is 11.9. The predicted molar refractivity (Wildman–Crippen MR) is 65.9 cm³/mol. The number of halogens is 2. The van der Waals surface area contributed by atoms with Gasteiger partial charge < -0.3 is 10.4 Å². The van der Waals surface area contributed by atoms with Gasteiger partial charge in [-0.1, -0.05) is 29.8 Å². The van der Waals surface area contributed by atoms with Crippen molar-refractivity contribution in [2.45, 2.75) is 32.4 Å². The van der Waals surface area contributed by atoms with Crippen LogP contribution in [0.5, 0.6) is 0 Å². The summed E-state index contributed by atoms with van der Waals surface area (Å²) >= 11 is 3.22. The van der Waals surface area contributed by atoms with E-state index in [1.807, 2.05) is 13.8 Å². The molecule has 2 unspecified atom stereocenters. The summed E-state index contributed by atoms with van der Waals surface area (Å²) in [5.41, 5.74) is 0.299. The number of anilines is 1. The van der Waals surface area contributed by atoms with Gasteiger partial charge in [-0.3, -0.25) is 0 Å². The van der Waals surface area contributed by atoms with Crippen molar-refractivity contribution in [3.8, 4) is 0 Å². The van der Waals surface area contributed by atoms with Crippen LogP contribution in [0.4, 0.5) is 10.1 Å². The van der Waals surface area contributed by atoms with E-state index in [9.17, 15) is 9.50 Å². The highest BCUT2D eigenvalue weighted by Gasteiger charge is 2.47. The van der Waals surface area contributed by atoms with Crippen LogP contribution in [0.1, 0.15) is 20.3 Å². The maximum absolute atomic E-state index is 13.6. The van der Waals surface area contributed by atoms with Gasteiger partial charge in [-0.05, 0) is 24.6 Å². The molecule has 0 spiro atoms. The van der Waals surface area contributed by atoms with E-state index in [1.165, 1.54) is 6.07 Å².